The highest BCUT2D eigenvalue weighted by molar-refractivity contribution is 7.85. The molecule has 0 aliphatic carbocycles. The first-order valence-corrected chi connectivity index (χ1v) is 7.58. The molecule has 0 fully saturated rings. The van der Waals surface area contributed by atoms with Crippen molar-refractivity contribution in [2.24, 2.45) is 7.05 Å². The molecule has 1 N–H and O–H groups in total. The molecule has 1 heterocycles. The van der Waals surface area contributed by atoms with E-state index >= 15 is 0 Å². The molecule has 0 amide bonds. The van der Waals surface area contributed by atoms with E-state index in [1.807, 2.05) is 37.4 Å². The van der Waals surface area contributed by atoms with Gasteiger partial charge in [-0.1, -0.05) is 12.1 Å². The molecule has 106 valence electrons. The molecule has 2 rings (SSSR count). The molecule has 1 aromatic carbocycles. The van der Waals surface area contributed by atoms with Crippen molar-refractivity contribution in [2.75, 3.05) is 5.75 Å². The summed E-state index contributed by atoms with van der Waals surface area (Å²) in [5, 5.41) is 12.7. The van der Waals surface area contributed by atoms with E-state index < -0.39 is 16.8 Å². The van der Waals surface area contributed by atoms with E-state index in [4.69, 9.17) is 5.11 Å². The summed E-state index contributed by atoms with van der Waals surface area (Å²) in [7, 11) is 0.722. The Morgan fingerprint density at radius 1 is 1.30 bits per heavy atom. The molecule has 0 bridgehead atoms. The zero-order chi connectivity index (χ0) is 14.5. The van der Waals surface area contributed by atoms with Crippen molar-refractivity contribution in [1.29, 1.82) is 0 Å². The minimum atomic E-state index is -1.15. The van der Waals surface area contributed by atoms with Gasteiger partial charge in [0.2, 0.25) is 0 Å². The Morgan fingerprint density at radius 2 is 2.00 bits per heavy atom. The summed E-state index contributed by atoms with van der Waals surface area (Å²) < 4.78 is 13.8. The average molecular weight is 292 g/mol. The molecule has 0 radical (unpaired) electrons. The molecule has 1 atom stereocenters. The van der Waals surface area contributed by atoms with Crippen LogP contribution in [0, 0.1) is 0 Å². The molecule has 5 nitrogen and oxygen atoms in total. The molecule has 0 saturated heterocycles. The topological polar surface area (TPSA) is 72.2 Å². The number of hydrogen-bond acceptors (Lipinski definition) is 3. The number of aromatic nitrogens is 2. The summed E-state index contributed by atoms with van der Waals surface area (Å²) in [6, 6.07) is 9.36. The second kappa shape index (κ2) is 6.47. The number of carboxylic acid groups (broad SMARTS) is 1. The SMILES string of the molecule is Cn1nccc1-c1ccc(S(=O)CCCC(=O)O)cc1. The maximum atomic E-state index is 12.0. The molecule has 0 saturated carbocycles. The van der Waals surface area contributed by atoms with Crippen molar-refractivity contribution >= 4 is 16.8 Å². The third-order valence-corrected chi connectivity index (χ3v) is 4.41. The zero-order valence-corrected chi connectivity index (χ0v) is 12.0. The fourth-order valence-electron chi connectivity index (χ4n) is 1.91. The number of hydrogen-bond donors (Lipinski definition) is 1. The number of carbonyl (C=O) groups is 1. The fourth-order valence-corrected chi connectivity index (χ4v) is 2.99. The van der Waals surface area contributed by atoms with E-state index in [0.29, 0.717) is 12.2 Å². The van der Waals surface area contributed by atoms with Crippen molar-refractivity contribution in [3.8, 4) is 11.3 Å². The van der Waals surface area contributed by atoms with E-state index in [1.165, 1.54) is 0 Å². The second-order valence-electron chi connectivity index (χ2n) is 4.41. The summed E-state index contributed by atoms with van der Waals surface area (Å²) in [5.74, 6) is -0.481. The van der Waals surface area contributed by atoms with Gasteiger partial charge in [0.15, 0.2) is 0 Å². The summed E-state index contributed by atoms with van der Waals surface area (Å²) in [6.45, 7) is 0. The normalized spacial score (nSPS) is 12.2. The minimum absolute atomic E-state index is 0.0544. The summed E-state index contributed by atoms with van der Waals surface area (Å²) in [6.07, 6.45) is 2.21. The predicted octanol–water partition coefficient (Wildman–Crippen LogP) is 2.06. The summed E-state index contributed by atoms with van der Waals surface area (Å²) in [5.41, 5.74) is 2.00. The minimum Gasteiger partial charge on any atom is -0.481 e. The van der Waals surface area contributed by atoms with Crippen LogP contribution in [-0.2, 0) is 22.6 Å². The van der Waals surface area contributed by atoms with Crippen molar-refractivity contribution in [3.05, 3.63) is 36.5 Å². The maximum Gasteiger partial charge on any atom is 0.303 e. The van der Waals surface area contributed by atoms with Crippen molar-refractivity contribution in [3.63, 3.8) is 0 Å². The first-order valence-electron chi connectivity index (χ1n) is 6.26. The Kier molecular flexibility index (Phi) is 4.68. The van der Waals surface area contributed by atoms with Crippen LogP contribution in [0.5, 0.6) is 0 Å². The van der Waals surface area contributed by atoms with Gasteiger partial charge in [0.25, 0.3) is 0 Å². The Hall–Kier alpha value is -1.95. The van der Waals surface area contributed by atoms with Crippen LogP contribution in [0.4, 0.5) is 0 Å². The Morgan fingerprint density at radius 3 is 2.55 bits per heavy atom. The van der Waals surface area contributed by atoms with Gasteiger partial charge in [0, 0.05) is 30.3 Å². The van der Waals surface area contributed by atoms with Crippen molar-refractivity contribution in [1.82, 2.24) is 9.78 Å². The second-order valence-corrected chi connectivity index (χ2v) is 5.98. The average Bonchev–Trinajstić information content (AvgIpc) is 2.84. The molecular formula is C14H16N2O3S. The van der Waals surface area contributed by atoms with Gasteiger partial charge < -0.3 is 5.11 Å². The lowest BCUT2D eigenvalue weighted by atomic mass is 10.1. The van der Waals surface area contributed by atoms with E-state index in [0.717, 1.165) is 16.2 Å². The fraction of sp³-hybridized carbons (Fsp3) is 0.286. The van der Waals surface area contributed by atoms with Gasteiger partial charge in [-0.15, -0.1) is 0 Å². The lowest BCUT2D eigenvalue weighted by Gasteiger charge is -2.05. The molecule has 0 aliphatic rings. The quantitative estimate of drug-likeness (QED) is 0.884. The maximum absolute atomic E-state index is 12.0. The highest BCUT2D eigenvalue weighted by Gasteiger charge is 2.07. The number of aliphatic carboxylic acids is 1. The van der Waals surface area contributed by atoms with Crippen LogP contribution in [0.1, 0.15) is 12.8 Å². The van der Waals surface area contributed by atoms with Crippen molar-refractivity contribution < 1.29 is 14.1 Å². The van der Waals surface area contributed by atoms with Crippen LogP contribution in [0.15, 0.2) is 41.4 Å². The standard InChI is InChI=1S/C14H16N2O3S/c1-16-13(8-9-15-16)11-4-6-12(7-5-11)20(19)10-2-3-14(17)18/h4-9H,2-3,10H2,1H3,(H,17,18). The highest BCUT2D eigenvalue weighted by Crippen LogP contribution is 2.20. The van der Waals surface area contributed by atoms with Crippen LogP contribution in [0.3, 0.4) is 0 Å². The molecule has 20 heavy (non-hydrogen) atoms. The third kappa shape index (κ3) is 3.54. The van der Waals surface area contributed by atoms with Crippen LogP contribution in [-0.4, -0.2) is 30.8 Å². The van der Waals surface area contributed by atoms with Gasteiger partial charge in [0.1, 0.15) is 0 Å². The zero-order valence-electron chi connectivity index (χ0n) is 11.2. The number of aryl methyl sites for hydroxylation is 1. The van der Waals surface area contributed by atoms with Crippen LogP contribution >= 0.6 is 0 Å². The lowest BCUT2D eigenvalue weighted by Crippen LogP contribution is -2.02. The predicted molar refractivity (Wildman–Crippen MR) is 76.8 cm³/mol. The smallest absolute Gasteiger partial charge is 0.303 e. The van der Waals surface area contributed by atoms with Crippen molar-refractivity contribution in [2.45, 2.75) is 17.7 Å². The van der Waals surface area contributed by atoms with Gasteiger partial charge in [-0.05, 0) is 30.2 Å². The Balaban J connectivity index is 2.03. The highest BCUT2D eigenvalue weighted by atomic mass is 32.2. The molecule has 2 aromatic rings. The monoisotopic (exact) mass is 292 g/mol. The first kappa shape index (κ1) is 14.5. The van der Waals surface area contributed by atoms with E-state index in [-0.39, 0.29) is 6.42 Å². The van der Waals surface area contributed by atoms with Crippen LogP contribution in [0.2, 0.25) is 0 Å². The number of benzene rings is 1. The number of nitrogens with zero attached hydrogens (tertiary/aromatic N) is 2. The third-order valence-electron chi connectivity index (χ3n) is 2.95. The van der Waals surface area contributed by atoms with Crippen LogP contribution < -0.4 is 0 Å². The van der Waals surface area contributed by atoms with E-state index in [1.54, 1.807) is 10.9 Å². The van der Waals surface area contributed by atoms with Gasteiger partial charge in [0.05, 0.1) is 16.5 Å². The summed E-state index contributed by atoms with van der Waals surface area (Å²) in [4.78, 5) is 11.1. The van der Waals surface area contributed by atoms with E-state index in [2.05, 4.69) is 5.10 Å². The molecular weight excluding hydrogens is 276 g/mol. The molecule has 0 aliphatic heterocycles. The van der Waals surface area contributed by atoms with Gasteiger partial charge in [-0.2, -0.15) is 5.10 Å². The molecule has 0 spiro atoms. The largest absolute Gasteiger partial charge is 0.481 e. The molecule has 1 unspecified atom stereocenters. The van der Waals surface area contributed by atoms with Gasteiger partial charge >= 0.3 is 5.97 Å². The van der Waals surface area contributed by atoms with E-state index in [9.17, 15) is 9.00 Å². The Labute approximate surface area is 119 Å². The van der Waals surface area contributed by atoms with Gasteiger partial charge in [-0.25, -0.2) is 0 Å². The van der Waals surface area contributed by atoms with Gasteiger partial charge in [-0.3, -0.25) is 13.7 Å². The summed E-state index contributed by atoms with van der Waals surface area (Å²) >= 11 is 0. The van der Waals surface area contributed by atoms with Crippen LogP contribution in [0.25, 0.3) is 11.3 Å². The number of carboxylic acids is 1. The first-order chi connectivity index (χ1) is 9.58. The number of rotatable bonds is 6. The Bertz CT molecular complexity index is 620. The molecule has 6 heteroatoms. The molecule has 1 aromatic heterocycles. The lowest BCUT2D eigenvalue weighted by molar-refractivity contribution is -0.137.